The molecule has 1 aromatic heterocycles. The molecule has 0 aromatic carbocycles. The topological polar surface area (TPSA) is 67.2 Å². The van der Waals surface area contributed by atoms with Gasteiger partial charge >= 0.3 is 0 Å². The number of thiophene rings is 1. The van der Waals surface area contributed by atoms with Gasteiger partial charge in [0.2, 0.25) is 0 Å². The SMILES string of the molecule is CSc1c(NC(C)C)sc(C(=O)NC2CC2)c1N. The van der Waals surface area contributed by atoms with Gasteiger partial charge in [0, 0.05) is 12.1 Å². The molecule has 0 radical (unpaired) electrons. The number of carbonyl (C=O) groups is 1. The quantitative estimate of drug-likeness (QED) is 0.728. The van der Waals surface area contributed by atoms with Crippen molar-refractivity contribution in [2.45, 2.75) is 43.7 Å². The molecule has 1 saturated carbocycles. The van der Waals surface area contributed by atoms with E-state index < -0.39 is 0 Å². The number of hydrogen-bond acceptors (Lipinski definition) is 5. The number of carbonyl (C=O) groups excluding carboxylic acids is 1. The summed E-state index contributed by atoms with van der Waals surface area (Å²) in [6.07, 6.45) is 4.15. The summed E-state index contributed by atoms with van der Waals surface area (Å²) in [5.74, 6) is -0.0351. The molecule has 1 fully saturated rings. The van der Waals surface area contributed by atoms with E-state index in [-0.39, 0.29) is 5.91 Å². The van der Waals surface area contributed by atoms with Gasteiger partial charge in [0.1, 0.15) is 9.88 Å². The molecule has 1 aromatic rings. The summed E-state index contributed by atoms with van der Waals surface area (Å²) in [5.41, 5.74) is 6.68. The average Bonchev–Trinajstić information content (AvgIpc) is 3.03. The van der Waals surface area contributed by atoms with Crippen LogP contribution in [-0.4, -0.2) is 24.2 Å². The number of nitrogen functional groups attached to an aromatic ring is 1. The molecule has 0 spiro atoms. The molecule has 1 heterocycles. The van der Waals surface area contributed by atoms with E-state index in [4.69, 9.17) is 5.73 Å². The van der Waals surface area contributed by atoms with E-state index in [0.29, 0.717) is 22.6 Å². The molecule has 1 aliphatic carbocycles. The maximum absolute atomic E-state index is 12.1. The summed E-state index contributed by atoms with van der Waals surface area (Å²) in [6, 6.07) is 0.687. The first kappa shape index (κ1) is 13.5. The van der Waals surface area contributed by atoms with Crippen molar-refractivity contribution in [3.8, 4) is 0 Å². The molecule has 6 heteroatoms. The monoisotopic (exact) mass is 285 g/mol. The fourth-order valence-electron chi connectivity index (χ4n) is 1.64. The number of nitrogens with two attached hydrogens (primary N) is 1. The van der Waals surface area contributed by atoms with Crippen LogP contribution in [0.15, 0.2) is 4.90 Å². The molecule has 4 N–H and O–H groups in total. The Bertz CT molecular complexity index is 452. The Kier molecular flexibility index (Phi) is 4.07. The van der Waals surface area contributed by atoms with E-state index >= 15 is 0 Å². The van der Waals surface area contributed by atoms with Crippen LogP contribution in [-0.2, 0) is 0 Å². The van der Waals surface area contributed by atoms with E-state index in [1.54, 1.807) is 11.8 Å². The minimum atomic E-state index is -0.0351. The van der Waals surface area contributed by atoms with E-state index in [0.717, 1.165) is 22.7 Å². The van der Waals surface area contributed by atoms with Crippen LogP contribution in [0.4, 0.5) is 10.7 Å². The summed E-state index contributed by atoms with van der Waals surface area (Å²) in [4.78, 5) is 13.7. The van der Waals surface area contributed by atoms with Gasteiger partial charge in [0.25, 0.3) is 5.91 Å². The molecule has 1 aliphatic rings. The lowest BCUT2D eigenvalue weighted by Crippen LogP contribution is -2.25. The summed E-state index contributed by atoms with van der Waals surface area (Å²) in [5, 5.41) is 7.33. The summed E-state index contributed by atoms with van der Waals surface area (Å²) >= 11 is 3.03. The molecule has 0 saturated heterocycles. The normalized spacial score (nSPS) is 14.9. The smallest absolute Gasteiger partial charge is 0.263 e. The lowest BCUT2D eigenvalue weighted by molar-refractivity contribution is 0.0956. The highest BCUT2D eigenvalue weighted by atomic mass is 32.2. The van der Waals surface area contributed by atoms with Gasteiger partial charge in [0.15, 0.2) is 0 Å². The minimum Gasteiger partial charge on any atom is -0.396 e. The number of rotatable bonds is 5. The zero-order valence-corrected chi connectivity index (χ0v) is 12.5. The Morgan fingerprint density at radius 2 is 2.17 bits per heavy atom. The zero-order valence-electron chi connectivity index (χ0n) is 10.9. The van der Waals surface area contributed by atoms with Crippen LogP contribution in [0.1, 0.15) is 36.4 Å². The molecular weight excluding hydrogens is 266 g/mol. The fraction of sp³-hybridized carbons (Fsp3) is 0.583. The Morgan fingerprint density at radius 1 is 1.50 bits per heavy atom. The third-order valence-corrected chi connectivity index (χ3v) is 4.74. The van der Waals surface area contributed by atoms with Crippen LogP contribution >= 0.6 is 23.1 Å². The second-order valence-corrected chi connectivity index (χ2v) is 6.59. The van der Waals surface area contributed by atoms with E-state index in [2.05, 4.69) is 24.5 Å². The Hall–Kier alpha value is -0.880. The molecule has 100 valence electrons. The zero-order chi connectivity index (χ0) is 13.3. The van der Waals surface area contributed by atoms with Crippen LogP contribution < -0.4 is 16.4 Å². The highest BCUT2D eigenvalue weighted by Crippen LogP contribution is 2.42. The predicted molar refractivity (Wildman–Crippen MR) is 79.8 cm³/mol. The summed E-state index contributed by atoms with van der Waals surface area (Å²) in [7, 11) is 0. The Labute approximate surface area is 116 Å². The maximum Gasteiger partial charge on any atom is 0.263 e. The van der Waals surface area contributed by atoms with E-state index in [9.17, 15) is 4.79 Å². The molecule has 0 unspecified atom stereocenters. The second-order valence-electron chi connectivity index (χ2n) is 4.75. The van der Waals surface area contributed by atoms with Crippen molar-refractivity contribution in [1.29, 1.82) is 0 Å². The van der Waals surface area contributed by atoms with Crippen LogP contribution in [0.25, 0.3) is 0 Å². The van der Waals surface area contributed by atoms with Crippen LogP contribution in [0.3, 0.4) is 0 Å². The van der Waals surface area contributed by atoms with Crippen molar-refractivity contribution in [1.82, 2.24) is 5.32 Å². The molecule has 0 aliphatic heterocycles. The first-order valence-corrected chi connectivity index (χ1v) is 8.10. The van der Waals surface area contributed by atoms with Crippen molar-refractivity contribution in [2.75, 3.05) is 17.3 Å². The van der Waals surface area contributed by atoms with E-state index in [1.165, 1.54) is 11.3 Å². The fourth-order valence-corrected chi connectivity index (χ4v) is 3.71. The molecule has 2 rings (SSSR count). The van der Waals surface area contributed by atoms with Crippen LogP contribution in [0.2, 0.25) is 0 Å². The third-order valence-electron chi connectivity index (χ3n) is 2.64. The Morgan fingerprint density at radius 3 is 2.67 bits per heavy atom. The summed E-state index contributed by atoms with van der Waals surface area (Å²) < 4.78 is 0. The molecule has 0 bridgehead atoms. The lowest BCUT2D eigenvalue weighted by atomic mass is 10.3. The number of nitrogens with one attached hydrogen (secondary N) is 2. The molecule has 1 amide bonds. The second kappa shape index (κ2) is 5.40. The summed E-state index contributed by atoms with van der Waals surface area (Å²) in [6.45, 7) is 4.15. The van der Waals surface area contributed by atoms with Gasteiger partial charge in [-0.25, -0.2) is 0 Å². The first-order valence-electron chi connectivity index (χ1n) is 6.06. The van der Waals surface area contributed by atoms with Crippen molar-refractivity contribution >= 4 is 39.7 Å². The van der Waals surface area contributed by atoms with E-state index in [1.807, 2.05) is 6.26 Å². The van der Waals surface area contributed by atoms with Crippen molar-refractivity contribution in [2.24, 2.45) is 0 Å². The van der Waals surface area contributed by atoms with Crippen molar-refractivity contribution in [3.05, 3.63) is 4.88 Å². The van der Waals surface area contributed by atoms with Gasteiger partial charge in [-0.2, -0.15) is 0 Å². The van der Waals surface area contributed by atoms with Crippen LogP contribution in [0, 0.1) is 0 Å². The highest BCUT2D eigenvalue weighted by Gasteiger charge is 2.27. The standard InChI is InChI=1S/C12H19N3OS2/c1-6(2)14-12-10(17-3)8(13)9(18-12)11(16)15-7-4-5-7/h6-7,14H,4-5,13H2,1-3H3,(H,15,16). The van der Waals surface area contributed by atoms with Gasteiger partial charge in [0.05, 0.1) is 10.6 Å². The third kappa shape index (κ3) is 2.92. The molecule has 4 nitrogen and oxygen atoms in total. The number of anilines is 2. The minimum absolute atomic E-state index is 0.0351. The molecular formula is C12H19N3OS2. The average molecular weight is 285 g/mol. The van der Waals surface area contributed by atoms with Crippen LogP contribution in [0.5, 0.6) is 0 Å². The number of amides is 1. The van der Waals surface area contributed by atoms with Gasteiger partial charge in [-0.3, -0.25) is 4.79 Å². The molecule has 0 atom stereocenters. The van der Waals surface area contributed by atoms with Crippen molar-refractivity contribution in [3.63, 3.8) is 0 Å². The van der Waals surface area contributed by atoms with Gasteiger partial charge < -0.3 is 16.4 Å². The first-order chi connectivity index (χ1) is 8.52. The predicted octanol–water partition coefficient (Wildman–Crippen LogP) is 2.76. The number of thioether (sulfide) groups is 1. The maximum atomic E-state index is 12.1. The molecule has 18 heavy (non-hydrogen) atoms. The Balaban J connectivity index is 2.23. The van der Waals surface area contributed by atoms with Gasteiger partial charge in [-0.05, 0) is 32.9 Å². The van der Waals surface area contributed by atoms with Gasteiger partial charge in [-0.1, -0.05) is 0 Å². The van der Waals surface area contributed by atoms with Crippen molar-refractivity contribution < 1.29 is 4.79 Å². The lowest BCUT2D eigenvalue weighted by Gasteiger charge is -2.08. The largest absolute Gasteiger partial charge is 0.396 e. The highest BCUT2D eigenvalue weighted by molar-refractivity contribution is 7.99. The number of hydrogen-bond donors (Lipinski definition) is 3. The van der Waals surface area contributed by atoms with Gasteiger partial charge in [-0.15, -0.1) is 23.1 Å².